The molecule has 1 atom stereocenters. The van der Waals surface area contributed by atoms with E-state index in [-0.39, 0.29) is 11.8 Å². The first-order valence-corrected chi connectivity index (χ1v) is 8.11. The lowest BCUT2D eigenvalue weighted by atomic mass is 10.1. The molecule has 0 aliphatic carbocycles. The number of para-hydroxylation sites is 1. The Morgan fingerprint density at radius 2 is 1.67 bits per heavy atom. The monoisotopic (exact) mass is 345 g/mol. The maximum Gasteiger partial charge on any atom is 0.323 e. The van der Waals surface area contributed by atoms with Crippen LogP contribution in [0.25, 0.3) is 0 Å². The number of amides is 1. The molecular weight excluding hydrogens is 326 g/mol. The van der Waals surface area contributed by atoms with E-state index in [2.05, 4.69) is 12.6 Å². The number of carboxylic acid groups (broad SMARTS) is 1. The molecule has 0 aromatic heterocycles. The first kappa shape index (κ1) is 17.9. The van der Waals surface area contributed by atoms with Crippen LogP contribution in [0.15, 0.2) is 54.6 Å². The van der Waals surface area contributed by atoms with Crippen LogP contribution in [-0.2, 0) is 9.59 Å². The van der Waals surface area contributed by atoms with Gasteiger partial charge in [0.15, 0.2) is 0 Å². The van der Waals surface area contributed by atoms with Crippen LogP contribution in [0.2, 0.25) is 0 Å². The van der Waals surface area contributed by atoms with Gasteiger partial charge >= 0.3 is 5.97 Å². The van der Waals surface area contributed by atoms with Gasteiger partial charge < -0.3 is 14.7 Å². The van der Waals surface area contributed by atoms with Crippen molar-refractivity contribution in [2.45, 2.75) is 6.92 Å². The van der Waals surface area contributed by atoms with E-state index in [0.717, 1.165) is 0 Å². The molecule has 5 nitrogen and oxygen atoms in total. The minimum Gasteiger partial charge on any atom is -0.480 e. The molecule has 0 saturated carbocycles. The Morgan fingerprint density at radius 1 is 1.08 bits per heavy atom. The Bertz CT molecular complexity index is 688. The molecule has 0 fully saturated rings. The number of carbonyl (C=O) groups excluding carboxylic acids is 1. The standard InChI is InChI=1S/C18H19NO4S/c1-13(12-24)18(22)19(11-17(20)21)14-7-9-16(10-8-14)23-15-5-3-2-4-6-15/h2-10,13,24H,11-12H2,1H3,(H,20,21). The van der Waals surface area contributed by atoms with Crippen LogP contribution in [0.1, 0.15) is 6.92 Å². The van der Waals surface area contributed by atoms with Gasteiger partial charge in [0.2, 0.25) is 5.91 Å². The van der Waals surface area contributed by atoms with Gasteiger partial charge in [0, 0.05) is 17.4 Å². The highest BCUT2D eigenvalue weighted by Crippen LogP contribution is 2.25. The van der Waals surface area contributed by atoms with Crippen molar-refractivity contribution in [3.8, 4) is 11.5 Å². The van der Waals surface area contributed by atoms with Crippen LogP contribution in [0, 0.1) is 5.92 Å². The van der Waals surface area contributed by atoms with Gasteiger partial charge in [-0.15, -0.1) is 0 Å². The summed E-state index contributed by atoms with van der Waals surface area (Å²) < 4.78 is 5.69. The third-order valence-electron chi connectivity index (χ3n) is 3.38. The predicted molar refractivity (Wildman–Crippen MR) is 96.0 cm³/mol. The number of anilines is 1. The molecule has 2 aromatic rings. The van der Waals surface area contributed by atoms with Crippen molar-refractivity contribution in [3.63, 3.8) is 0 Å². The largest absolute Gasteiger partial charge is 0.480 e. The molecule has 2 rings (SSSR count). The quantitative estimate of drug-likeness (QED) is 0.754. The number of ether oxygens (including phenoxy) is 1. The third-order valence-corrected chi connectivity index (χ3v) is 3.93. The SMILES string of the molecule is CC(CS)C(=O)N(CC(=O)O)c1ccc(Oc2ccccc2)cc1. The molecule has 6 heteroatoms. The van der Waals surface area contributed by atoms with Crippen LogP contribution < -0.4 is 9.64 Å². The number of thiol groups is 1. The van der Waals surface area contributed by atoms with E-state index >= 15 is 0 Å². The Labute approximate surface area is 146 Å². The molecular formula is C18H19NO4S. The normalized spacial score (nSPS) is 11.6. The molecule has 1 amide bonds. The van der Waals surface area contributed by atoms with Crippen LogP contribution in [-0.4, -0.2) is 29.3 Å². The molecule has 0 radical (unpaired) electrons. The lowest BCUT2D eigenvalue weighted by molar-refractivity contribution is -0.137. The number of aliphatic carboxylic acids is 1. The highest BCUT2D eigenvalue weighted by Gasteiger charge is 2.23. The van der Waals surface area contributed by atoms with Crippen LogP contribution >= 0.6 is 12.6 Å². The fourth-order valence-electron chi connectivity index (χ4n) is 2.09. The van der Waals surface area contributed by atoms with Crippen molar-refractivity contribution in [2.75, 3.05) is 17.2 Å². The molecule has 0 saturated heterocycles. The summed E-state index contributed by atoms with van der Waals surface area (Å²) in [6.45, 7) is 1.33. The van der Waals surface area contributed by atoms with Gasteiger partial charge in [-0.05, 0) is 36.4 Å². The van der Waals surface area contributed by atoms with Crippen molar-refractivity contribution >= 4 is 30.2 Å². The van der Waals surface area contributed by atoms with E-state index in [1.807, 2.05) is 30.3 Å². The number of hydrogen-bond donors (Lipinski definition) is 2. The Kier molecular flexibility index (Phi) is 6.26. The molecule has 0 heterocycles. The fraction of sp³-hybridized carbons (Fsp3) is 0.222. The Hall–Kier alpha value is -2.47. The number of rotatable bonds is 7. The summed E-state index contributed by atoms with van der Waals surface area (Å²) in [5.74, 6) is -0.0526. The highest BCUT2D eigenvalue weighted by molar-refractivity contribution is 7.80. The second-order valence-corrected chi connectivity index (χ2v) is 5.68. The first-order valence-electron chi connectivity index (χ1n) is 7.48. The molecule has 0 bridgehead atoms. The topological polar surface area (TPSA) is 66.8 Å². The third kappa shape index (κ3) is 4.76. The van der Waals surface area contributed by atoms with E-state index in [9.17, 15) is 9.59 Å². The predicted octanol–water partition coefficient (Wildman–Crippen LogP) is 3.46. The summed E-state index contributed by atoms with van der Waals surface area (Å²) in [7, 11) is 0. The molecule has 0 aliphatic rings. The van der Waals surface area contributed by atoms with Crippen molar-refractivity contribution in [1.29, 1.82) is 0 Å². The van der Waals surface area contributed by atoms with Gasteiger partial charge in [-0.1, -0.05) is 25.1 Å². The molecule has 0 spiro atoms. The summed E-state index contributed by atoms with van der Waals surface area (Å²) in [4.78, 5) is 24.7. The average molecular weight is 345 g/mol. The number of benzene rings is 2. The smallest absolute Gasteiger partial charge is 0.323 e. The zero-order valence-electron chi connectivity index (χ0n) is 13.3. The van der Waals surface area contributed by atoms with E-state index in [1.165, 1.54) is 4.90 Å². The van der Waals surface area contributed by atoms with Gasteiger partial charge in [0.25, 0.3) is 0 Å². The Balaban J connectivity index is 2.18. The minimum atomic E-state index is -1.07. The van der Waals surface area contributed by atoms with Crippen LogP contribution in [0.3, 0.4) is 0 Å². The maximum atomic E-state index is 12.4. The summed E-state index contributed by atoms with van der Waals surface area (Å²) >= 11 is 4.11. The molecule has 2 aromatic carbocycles. The lowest BCUT2D eigenvalue weighted by Crippen LogP contribution is -2.39. The molecule has 0 aliphatic heterocycles. The van der Waals surface area contributed by atoms with E-state index in [0.29, 0.717) is 22.9 Å². The van der Waals surface area contributed by atoms with Gasteiger partial charge in [-0.2, -0.15) is 12.6 Å². The molecule has 24 heavy (non-hydrogen) atoms. The van der Waals surface area contributed by atoms with E-state index in [1.54, 1.807) is 31.2 Å². The molecule has 1 unspecified atom stereocenters. The number of nitrogens with zero attached hydrogens (tertiary/aromatic N) is 1. The second-order valence-electron chi connectivity index (χ2n) is 5.31. The van der Waals surface area contributed by atoms with Gasteiger partial charge in [0.1, 0.15) is 18.0 Å². The summed E-state index contributed by atoms with van der Waals surface area (Å²) in [6, 6.07) is 16.1. The first-order chi connectivity index (χ1) is 11.5. The maximum absolute atomic E-state index is 12.4. The highest BCUT2D eigenvalue weighted by atomic mass is 32.1. The minimum absolute atomic E-state index is 0.274. The zero-order chi connectivity index (χ0) is 17.5. The van der Waals surface area contributed by atoms with Gasteiger partial charge in [-0.25, -0.2) is 0 Å². The summed E-state index contributed by atoms with van der Waals surface area (Å²) in [6.07, 6.45) is 0. The van der Waals surface area contributed by atoms with Crippen molar-refractivity contribution in [2.24, 2.45) is 5.92 Å². The van der Waals surface area contributed by atoms with Crippen molar-refractivity contribution in [1.82, 2.24) is 0 Å². The number of hydrogen-bond acceptors (Lipinski definition) is 4. The summed E-state index contributed by atoms with van der Waals surface area (Å²) in [5, 5.41) is 9.06. The second kappa shape index (κ2) is 8.40. The lowest BCUT2D eigenvalue weighted by Gasteiger charge is -2.24. The van der Waals surface area contributed by atoms with Crippen LogP contribution in [0.5, 0.6) is 11.5 Å². The van der Waals surface area contributed by atoms with Crippen LogP contribution in [0.4, 0.5) is 5.69 Å². The Morgan fingerprint density at radius 3 is 2.21 bits per heavy atom. The fourth-order valence-corrected chi connectivity index (χ4v) is 2.25. The number of carbonyl (C=O) groups is 2. The van der Waals surface area contributed by atoms with Gasteiger partial charge in [-0.3, -0.25) is 9.59 Å². The molecule has 1 N–H and O–H groups in total. The number of carboxylic acids is 1. The van der Waals surface area contributed by atoms with Crippen molar-refractivity contribution < 1.29 is 19.4 Å². The van der Waals surface area contributed by atoms with E-state index < -0.39 is 12.5 Å². The molecule has 126 valence electrons. The van der Waals surface area contributed by atoms with Gasteiger partial charge in [0.05, 0.1) is 0 Å². The average Bonchev–Trinajstić information content (AvgIpc) is 2.60. The zero-order valence-corrected chi connectivity index (χ0v) is 14.1. The van der Waals surface area contributed by atoms with E-state index in [4.69, 9.17) is 9.84 Å². The summed E-state index contributed by atoms with van der Waals surface area (Å²) in [5.41, 5.74) is 0.511. The van der Waals surface area contributed by atoms with Crippen molar-refractivity contribution in [3.05, 3.63) is 54.6 Å².